The standard InChI is InChI=1S/C15H30N2O2/c1-11(2)10-17(8-9-19-4)15(18)14-12(3)6-5-7-13(14)16/h11-14H,5-10,16H2,1-4H3. The van der Waals surface area contributed by atoms with Crippen molar-refractivity contribution in [2.75, 3.05) is 26.8 Å². The van der Waals surface area contributed by atoms with E-state index in [1.807, 2.05) is 4.90 Å². The molecule has 0 aromatic rings. The molecule has 112 valence electrons. The van der Waals surface area contributed by atoms with Crippen molar-refractivity contribution in [1.29, 1.82) is 0 Å². The molecule has 0 aromatic carbocycles. The normalized spacial score (nSPS) is 27.6. The number of amides is 1. The molecule has 19 heavy (non-hydrogen) atoms. The number of carbonyl (C=O) groups excluding carboxylic acids is 1. The maximum atomic E-state index is 12.8. The number of rotatable bonds is 6. The van der Waals surface area contributed by atoms with Crippen LogP contribution in [0.15, 0.2) is 0 Å². The van der Waals surface area contributed by atoms with Crippen LogP contribution in [0.4, 0.5) is 0 Å². The number of methoxy groups -OCH3 is 1. The summed E-state index contributed by atoms with van der Waals surface area (Å²) in [5.41, 5.74) is 6.19. The Balaban J connectivity index is 2.72. The summed E-state index contributed by atoms with van der Waals surface area (Å²) in [7, 11) is 1.67. The molecule has 1 fully saturated rings. The van der Waals surface area contributed by atoms with E-state index in [1.54, 1.807) is 7.11 Å². The first kappa shape index (κ1) is 16.4. The summed E-state index contributed by atoms with van der Waals surface area (Å²) in [6.07, 6.45) is 3.23. The fourth-order valence-electron chi connectivity index (χ4n) is 3.03. The van der Waals surface area contributed by atoms with E-state index in [9.17, 15) is 4.79 Å². The van der Waals surface area contributed by atoms with Crippen LogP contribution in [0.3, 0.4) is 0 Å². The highest BCUT2D eigenvalue weighted by Gasteiger charge is 2.36. The van der Waals surface area contributed by atoms with E-state index in [0.717, 1.165) is 25.8 Å². The van der Waals surface area contributed by atoms with Gasteiger partial charge in [0.1, 0.15) is 0 Å². The highest BCUT2D eigenvalue weighted by Crippen LogP contribution is 2.30. The Labute approximate surface area is 117 Å². The largest absolute Gasteiger partial charge is 0.383 e. The molecule has 1 aliphatic carbocycles. The predicted octanol–water partition coefficient (Wildman–Crippen LogP) is 1.88. The van der Waals surface area contributed by atoms with E-state index < -0.39 is 0 Å². The van der Waals surface area contributed by atoms with E-state index in [0.29, 0.717) is 25.0 Å². The summed E-state index contributed by atoms with van der Waals surface area (Å²) >= 11 is 0. The van der Waals surface area contributed by atoms with Crippen molar-refractivity contribution in [1.82, 2.24) is 4.90 Å². The first-order valence-electron chi connectivity index (χ1n) is 7.50. The van der Waals surface area contributed by atoms with Gasteiger partial charge in [0.15, 0.2) is 0 Å². The number of hydrogen-bond acceptors (Lipinski definition) is 3. The molecule has 0 aromatic heterocycles. The molecule has 1 rings (SSSR count). The second kappa shape index (κ2) is 7.85. The summed E-state index contributed by atoms with van der Waals surface area (Å²) < 4.78 is 5.12. The van der Waals surface area contributed by atoms with Crippen molar-refractivity contribution in [2.24, 2.45) is 23.5 Å². The van der Waals surface area contributed by atoms with Gasteiger partial charge in [0.2, 0.25) is 5.91 Å². The van der Waals surface area contributed by atoms with Gasteiger partial charge in [-0.2, -0.15) is 0 Å². The second-order valence-electron chi connectivity index (χ2n) is 6.27. The quantitative estimate of drug-likeness (QED) is 0.802. The minimum atomic E-state index is -0.00986. The first-order chi connectivity index (χ1) is 8.97. The summed E-state index contributed by atoms with van der Waals surface area (Å²) in [5.74, 6) is 1.08. The van der Waals surface area contributed by atoms with Crippen molar-refractivity contribution in [2.45, 2.75) is 46.1 Å². The molecule has 3 atom stereocenters. The molecule has 1 saturated carbocycles. The average molecular weight is 270 g/mol. The summed E-state index contributed by atoms with van der Waals surface area (Å²) in [5, 5.41) is 0. The van der Waals surface area contributed by atoms with E-state index in [-0.39, 0.29) is 17.9 Å². The van der Waals surface area contributed by atoms with Gasteiger partial charge in [-0.05, 0) is 24.7 Å². The Hall–Kier alpha value is -0.610. The highest BCUT2D eigenvalue weighted by molar-refractivity contribution is 5.80. The summed E-state index contributed by atoms with van der Waals surface area (Å²) in [4.78, 5) is 14.7. The zero-order valence-corrected chi connectivity index (χ0v) is 12.9. The lowest BCUT2D eigenvalue weighted by Crippen LogP contribution is -2.50. The molecule has 0 bridgehead atoms. The fraction of sp³-hybridized carbons (Fsp3) is 0.933. The predicted molar refractivity (Wildman–Crippen MR) is 77.8 cm³/mol. The van der Waals surface area contributed by atoms with Gasteiger partial charge in [-0.15, -0.1) is 0 Å². The molecule has 0 heterocycles. The molecule has 0 spiro atoms. The third-order valence-electron chi connectivity index (χ3n) is 4.02. The van der Waals surface area contributed by atoms with Crippen LogP contribution in [0.1, 0.15) is 40.0 Å². The monoisotopic (exact) mass is 270 g/mol. The molecule has 3 unspecified atom stereocenters. The SMILES string of the molecule is COCCN(CC(C)C)C(=O)C1C(C)CCCC1N. The number of ether oxygens (including phenoxy) is 1. The number of nitrogens with zero attached hydrogens (tertiary/aromatic N) is 1. The molecular formula is C15H30N2O2. The molecule has 2 N–H and O–H groups in total. The van der Waals surface area contributed by atoms with Crippen LogP contribution in [0.5, 0.6) is 0 Å². The molecule has 1 amide bonds. The zero-order chi connectivity index (χ0) is 14.4. The number of nitrogens with two attached hydrogens (primary N) is 1. The van der Waals surface area contributed by atoms with Crippen LogP contribution in [0.25, 0.3) is 0 Å². The van der Waals surface area contributed by atoms with Gasteiger partial charge in [0.05, 0.1) is 12.5 Å². The molecule has 0 radical (unpaired) electrons. The number of carbonyl (C=O) groups is 1. The van der Waals surface area contributed by atoms with Crippen LogP contribution in [0.2, 0.25) is 0 Å². The molecule has 0 aliphatic heterocycles. The van der Waals surface area contributed by atoms with Crippen LogP contribution in [0, 0.1) is 17.8 Å². The fourth-order valence-corrected chi connectivity index (χ4v) is 3.03. The number of hydrogen-bond donors (Lipinski definition) is 1. The van der Waals surface area contributed by atoms with Gasteiger partial charge in [-0.25, -0.2) is 0 Å². The summed E-state index contributed by atoms with van der Waals surface area (Å²) in [6, 6.07) is 0.0217. The van der Waals surface area contributed by atoms with E-state index in [4.69, 9.17) is 10.5 Å². The van der Waals surface area contributed by atoms with Gasteiger partial charge in [-0.1, -0.05) is 27.2 Å². The van der Waals surface area contributed by atoms with E-state index in [2.05, 4.69) is 20.8 Å². The smallest absolute Gasteiger partial charge is 0.227 e. The zero-order valence-electron chi connectivity index (χ0n) is 12.9. The van der Waals surface area contributed by atoms with Crippen molar-refractivity contribution < 1.29 is 9.53 Å². The maximum Gasteiger partial charge on any atom is 0.227 e. The molecular weight excluding hydrogens is 240 g/mol. The highest BCUT2D eigenvalue weighted by atomic mass is 16.5. The Morgan fingerprint density at radius 1 is 1.42 bits per heavy atom. The Bertz CT molecular complexity index is 271. The average Bonchev–Trinajstić information content (AvgIpc) is 2.33. The van der Waals surface area contributed by atoms with E-state index in [1.165, 1.54) is 0 Å². The minimum absolute atomic E-state index is 0.00986. The third-order valence-corrected chi connectivity index (χ3v) is 4.02. The third kappa shape index (κ3) is 4.77. The Morgan fingerprint density at radius 3 is 2.63 bits per heavy atom. The second-order valence-corrected chi connectivity index (χ2v) is 6.27. The van der Waals surface area contributed by atoms with Crippen molar-refractivity contribution >= 4 is 5.91 Å². The Morgan fingerprint density at radius 2 is 2.11 bits per heavy atom. The minimum Gasteiger partial charge on any atom is -0.383 e. The lowest BCUT2D eigenvalue weighted by Gasteiger charge is -2.37. The van der Waals surface area contributed by atoms with Crippen LogP contribution < -0.4 is 5.73 Å². The van der Waals surface area contributed by atoms with Crippen LogP contribution in [-0.2, 0) is 9.53 Å². The van der Waals surface area contributed by atoms with Crippen molar-refractivity contribution in [3.05, 3.63) is 0 Å². The van der Waals surface area contributed by atoms with Crippen LogP contribution in [-0.4, -0.2) is 43.7 Å². The Kier molecular flexibility index (Phi) is 6.80. The summed E-state index contributed by atoms with van der Waals surface area (Å²) in [6.45, 7) is 8.48. The lowest BCUT2D eigenvalue weighted by molar-refractivity contribution is -0.140. The van der Waals surface area contributed by atoms with E-state index >= 15 is 0 Å². The molecule has 4 heteroatoms. The maximum absolute atomic E-state index is 12.8. The topological polar surface area (TPSA) is 55.6 Å². The van der Waals surface area contributed by atoms with Gasteiger partial charge >= 0.3 is 0 Å². The molecule has 4 nitrogen and oxygen atoms in total. The van der Waals surface area contributed by atoms with Gasteiger partial charge in [0, 0.05) is 26.2 Å². The lowest BCUT2D eigenvalue weighted by atomic mass is 9.76. The van der Waals surface area contributed by atoms with Crippen molar-refractivity contribution in [3.8, 4) is 0 Å². The van der Waals surface area contributed by atoms with Gasteiger partial charge < -0.3 is 15.4 Å². The van der Waals surface area contributed by atoms with Gasteiger partial charge in [-0.3, -0.25) is 4.79 Å². The molecule has 1 aliphatic rings. The van der Waals surface area contributed by atoms with Crippen molar-refractivity contribution in [3.63, 3.8) is 0 Å². The van der Waals surface area contributed by atoms with Crippen LogP contribution >= 0.6 is 0 Å². The first-order valence-corrected chi connectivity index (χ1v) is 7.50. The van der Waals surface area contributed by atoms with Gasteiger partial charge in [0.25, 0.3) is 0 Å². The molecule has 0 saturated heterocycles.